The first-order valence-corrected chi connectivity index (χ1v) is 7.55. The van der Waals surface area contributed by atoms with Crippen LogP contribution in [0.25, 0.3) is 11.6 Å². The Morgan fingerprint density at radius 2 is 1.75 bits per heavy atom. The summed E-state index contributed by atoms with van der Waals surface area (Å²) >= 11 is 0. The molecule has 1 amide bonds. The topological polar surface area (TPSA) is 42.2 Å². The van der Waals surface area contributed by atoms with Gasteiger partial charge in [-0.1, -0.05) is 42.5 Å². The predicted molar refractivity (Wildman–Crippen MR) is 91.3 cm³/mol. The predicted octanol–water partition coefficient (Wildman–Crippen LogP) is 4.28. The van der Waals surface area contributed by atoms with Crippen LogP contribution in [0.3, 0.4) is 0 Å². The van der Waals surface area contributed by atoms with Crippen LogP contribution in [0.15, 0.2) is 77.4 Å². The Balaban J connectivity index is 1.80. The Morgan fingerprint density at radius 1 is 1.00 bits per heavy atom. The number of nitrogens with one attached hydrogen (secondary N) is 1. The van der Waals surface area contributed by atoms with Gasteiger partial charge in [-0.3, -0.25) is 4.79 Å². The minimum Gasteiger partial charge on any atom is -0.465 e. The van der Waals surface area contributed by atoms with Crippen molar-refractivity contribution < 1.29 is 13.6 Å². The molecule has 3 rings (SSSR count). The molecule has 2 aromatic carbocycles. The highest BCUT2D eigenvalue weighted by Gasteiger charge is 2.12. The molecular weight excluding hydrogens is 305 g/mol. The van der Waals surface area contributed by atoms with Crippen molar-refractivity contribution in [3.05, 3.63) is 95.7 Å². The van der Waals surface area contributed by atoms with Crippen molar-refractivity contribution in [1.82, 2.24) is 5.32 Å². The lowest BCUT2D eigenvalue weighted by molar-refractivity contribution is -0.115. The van der Waals surface area contributed by atoms with Crippen LogP contribution in [0.5, 0.6) is 0 Å². The summed E-state index contributed by atoms with van der Waals surface area (Å²) in [5.74, 6) is 0.0838. The van der Waals surface area contributed by atoms with Crippen LogP contribution < -0.4 is 5.32 Å². The number of benzene rings is 2. The number of rotatable bonds is 5. The third-order valence-electron chi connectivity index (χ3n) is 3.53. The van der Waals surface area contributed by atoms with Crippen LogP contribution in [0.4, 0.5) is 4.39 Å². The van der Waals surface area contributed by atoms with Gasteiger partial charge in [0.25, 0.3) is 5.91 Å². The summed E-state index contributed by atoms with van der Waals surface area (Å²) in [6, 6.07) is 19.0. The minimum atomic E-state index is -0.298. The number of hydrogen-bond donors (Lipinski definition) is 1. The fourth-order valence-corrected chi connectivity index (χ4v) is 2.29. The first kappa shape index (κ1) is 15.7. The fraction of sp³-hybridized carbons (Fsp3) is 0.0500. The van der Waals surface area contributed by atoms with Crippen molar-refractivity contribution in [2.24, 2.45) is 0 Å². The maximum Gasteiger partial charge on any atom is 0.252 e. The molecule has 1 N–H and O–H groups in total. The number of halogens is 1. The molecule has 0 aliphatic heterocycles. The summed E-state index contributed by atoms with van der Waals surface area (Å²) in [6.07, 6.45) is 3.26. The van der Waals surface area contributed by atoms with Gasteiger partial charge in [0.1, 0.15) is 11.6 Å². The highest BCUT2D eigenvalue weighted by molar-refractivity contribution is 6.23. The van der Waals surface area contributed by atoms with Gasteiger partial charge in [-0.15, -0.1) is 0 Å². The van der Waals surface area contributed by atoms with Gasteiger partial charge < -0.3 is 9.73 Å². The molecule has 3 nitrogen and oxygen atoms in total. The number of hydrogen-bond acceptors (Lipinski definition) is 2. The highest BCUT2D eigenvalue weighted by Crippen LogP contribution is 2.19. The van der Waals surface area contributed by atoms with Gasteiger partial charge in [0.05, 0.1) is 11.8 Å². The summed E-state index contributed by atoms with van der Waals surface area (Å²) < 4.78 is 18.3. The molecule has 0 saturated heterocycles. The monoisotopic (exact) mass is 321 g/mol. The second kappa shape index (κ2) is 7.42. The number of amides is 1. The Kier molecular flexibility index (Phi) is 4.87. The van der Waals surface area contributed by atoms with Crippen molar-refractivity contribution in [3.63, 3.8) is 0 Å². The Hall–Kier alpha value is -3.14. The van der Waals surface area contributed by atoms with Crippen molar-refractivity contribution in [3.8, 4) is 0 Å². The van der Waals surface area contributed by atoms with Gasteiger partial charge >= 0.3 is 0 Å². The molecule has 1 heterocycles. The van der Waals surface area contributed by atoms with Crippen LogP contribution in [-0.4, -0.2) is 5.91 Å². The molecule has 0 unspecified atom stereocenters. The van der Waals surface area contributed by atoms with Crippen molar-refractivity contribution in [2.75, 3.05) is 0 Å². The number of carbonyl (C=O) groups is 1. The van der Waals surface area contributed by atoms with E-state index in [1.54, 1.807) is 36.6 Å². The average molecular weight is 321 g/mol. The zero-order valence-electron chi connectivity index (χ0n) is 12.9. The maximum absolute atomic E-state index is 12.9. The van der Waals surface area contributed by atoms with Gasteiger partial charge in [-0.05, 0) is 41.5 Å². The number of furan rings is 1. The molecular formula is C20H16FNO2. The molecule has 4 heteroatoms. The zero-order valence-corrected chi connectivity index (χ0v) is 12.9. The van der Waals surface area contributed by atoms with Crippen LogP contribution >= 0.6 is 0 Å². The van der Waals surface area contributed by atoms with Crippen LogP contribution in [0.1, 0.15) is 16.9 Å². The van der Waals surface area contributed by atoms with Crippen molar-refractivity contribution in [2.45, 2.75) is 6.54 Å². The Morgan fingerprint density at radius 3 is 2.42 bits per heavy atom. The molecule has 0 aliphatic rings. The second-order valence-corrected chi connectivity index (χ2v) is 5.25. The van der Waals surface area contributed by atoms with E-state index >= 15 is 0 Å². The van der Waals surface area contributed by atoms with Gasteiger partial charge in [0.2, 0.25) is 0 Å². The summed E-state index contributed by atoms with van der Waals surface area (Å²) in [7, 11) is 0. The Bertz CT molecular complexity index is 822. The maximum atomic E-state index is 12.9. The molecule has 0 bridgehead atoms. The van der Waals surface area contributed by atoms with Gasteiger partial charge in [0.15, 0.2) is 0 Å². The standard InChI is InChI=1S/C20H16FNO2/c21-17-10-8-15(9-11-17)14-22-20(23)19(13-18-7-4-12-24-18)16-5-2-1-3-6-16/h1-13H,14H2,(H,22,23)/b19-13+. The molecule has 3 aromatic rings. The van der Waals surface area contributed by atoms with Crippen LogP contribution in [-0.2, 0) is 11.3 Å². The van der Waals surface area contributed by atoms with Crippen molar-refractivity contribution in [1.29, 1.82) is 0 Å². The lowest BCUT2D eigenvalue weighted by Crippen LogP contribution is -2.23. The first-order chi connectivity index (χ1) is 11.7. The van der Waals surface area contributed by atoms with Gasteiger partial charge in [-0.2, -0.15) is 0 Å². The summed E-state index contributed by atoms with van der Waals surface area (Å²) in [6.45, 7) is 0.321. The summed E-state index contributed by atoms with van der Waals surface area (Å²) in [5.41, 5.74) is 2.13. The summed E-state index contributed by atoms with van der Waals surface area (Å²) in [5, 5.41) is 2.86. The van der Waals surface area contributed by atoms with E-state index < -0.39 is 0 Å². The van der Waals surface area contributed by atoms with Gasteiger partial charge in [-0.25, -0.2) is 4.39 Å². The smallest absolute Gasteiger partial charge is 0.252 e. The van der Waals surface area contributed by atoms with E-state index in [2.05, 4.69) is 5.32 Å². The SMILES string of the molecule is O=C(NCc1ccc(F)cc1)/C(=C/c1ccco1)c1ccccc1. The zero-order chi connectivity index (χ0) is 16.8. The van der Waals surface area contributed by atoms with Crippen LogP contribution in [0, 0.1) is 5.82 Å². The van der Waals surface area contributed by atoms with Crippen molar-refractivity contribution >= 4 is 17.6 Å². The lowest BCUT2D eigenvalue weighted by Gasteiger charge is -2.09. The molecule has 0 fully saturated rings. The second-order valence-electron chi connectivity index (χ2n) is 5.25. The third-order valence-corrected chi connectivity index (χ3v) is 3.53. The van der Waals surface area contributed by atoms with E-state index in [9.17, 15) is 9.18 Å². The summed E-state index contributed by atoms with van der Waals surface area (Å²) in [4.78, 5) is 12.6. The minimum absolute atomic E-state index is 0.220. The highest BCUT2D eigenvalue weighted by atomic mass is 19.1. The van der Waals surface area contributed by atoms with Gasteiger partial charge in [0, 0.05) is 6.54 Å². The number of carbonyl (C=O) groups excluding carboxylic acids is 1. The molecule has 1 aromatic heterocycles. The van der Waals surface area contributed by atoms with E-state index in [0.717, 1.165) is 11.1 Å². The normalized spacial score (nSPS) is 11.3. The van der Waals surface area contributed by atoms with E-state index in [1.807, 2.05) is 30.3 Å². The molecule has 24 heavy (non-hydrogen) atoms. The Labute approximate surface area is 139 Å². The van der Waals surface area contributed by atoms with E-state index in [-0.39, 0.29) is 11.7 Å². The molecule has 0 atom stereocenters. The molecule has 0 radical (unpaired) electrons. The average Bonchev–Trinajstić information content (AvgIpc) is 3.13. The lowest BCUT2D eigenvalue weighted by atomic mass is 10.0. The van der Waals surface area contributed by atoms with E-state index in [1.165, 1.54) is 12.1 Å². The molecule has 0 saturated carbocycles. The van der Waals surface area contributed by atoms with Crippen LogP contribution in [0.2, 0.25) is 0 Å². The first-order valence-electron chi connectivity index (χ1n) is 7.55. The quantitative estimate of drug-likeness (QED) is 0.713. The third kappa shape index (κ3) is 3.98. The molecule has 0 spiro atoms. The molecule has 120 valence electrons. The molecule has 0 aliphatic carbocycles. The fourth-order valence-electron chi connectivity index (χ4n) is 2.29. The van der Waals surface area contributed by atoms with E-state index in [4.69, 9.17) is 4.42 Å². The largest absolute Gasteiger partial charge is 0.465 e. The van der Waals surface area contributed by atoms with E-state index in [0.29, 0.717) is 17.9 Å².